The van der Waals surface area contributed by atoms with E-state index >= 15 is 0 Å². The van der Waals surface area contributed by atoms with Crippen LogP contribution in [0.5, 0.6) is 0 Å². The van der Waals surface area contributed by atoms with Gasteiger partial charge in [0.2, 0.25) is 5.91 Å². The number of amides is 1. The van der Waals surface area contributed by atoms with Crippen LogP contribution in [0.1, 0.15) is 39.5 Å². The van der Waals surface area contributed by atoms with E-state index in [4.69, 9.17) is 4.74 Å². The fourth-order valence-corrected chi connectivity index (χ4v) is 1.60. The zero-order valence-electron chi connectivity index (χ0n) is 9.26. The van der Waals surface area contributed by atoms with Gasteiger partial charge in [-0.25, -0.2) is 4.79 Å². The van der Waals surface area contributed by atoms with Crippen molar-refractivity contribution in [2.75, 3.05) is 6.61 Å². The molecule has 4 nitrogen and oxygen atoms in total. The Morgan fingerprint density at radius 3 is 2.73 bits per heavy atom. The molecule has 15 heavy (non-hydrogen) atoms. The van der Waals surface area contributed by atoms with Gasteiger partial charge in [0, 0.05) is 12.1 Å². The Labute approximate surface area is 89.7 Å². The summed E-state index contributed by atoms with van der Waals surface area (Å²) in [4.78, 5) is 22.7. The third-order valence-corrected chi connectivity index (χ3v) is 2.28. The molecule has 0 bridgehead atoms. The topological polar surface area (TPSA) is 55.4 Å². The number of hydrogen-bond donors (Lipinski definition) is 1. The predicted molar refractivity (Wildman–Crippen MR) is 55.9 cm³/mol. The van der Waals surface area contributed by atoms with Gasteiger partial charge in [-0.05, 0) is 19.8 Å². The Morgan fingerprint density at radius 2 is 2.13 bits per heavy atom. The van der Waals surface area contributed by atoms with Gasteiger partial charge in [-0.3, -0.25) is 4.79 Å². The maximum atomic E-state index is 11.6. The van der Waals surface area contributed by atoms with Gasteiger partial charge < -0.3 is 10.1 Å². The molecule has 1 heterocycles. The number of hydrogen-bond acceptors (Lipinski definition) is 3. The molecule has 0 saturated heterocycles. The molecule has 1 aliphatic rings. The lowest BCUT2D eigenvalue weighted by atomic mass is 10.0. The highest BCUT2D eigenvalue weighted by Crippen LogP contribution is 2.20. The summed E-state index contributed by atoms with van der Waals surface area (Å²) < 4.78 is 4.95. The third kappa shape index (κ3) is 3.08. The van der Waals surface area contributed by atoms with Crippen LogP contribution in [0, 0.1) is 0 Å². The first-order valence-corrected chi connectivity index (χ1v) is 5.38. The fraction of sp³-hybridized carbons (Fsp3) is 0.636. The Morgan fingerprint density at radius 1 is 1.40 bits per heavy atom. The number of allylic oxidation sites excluding steroid dienone is 1. The Kier molecular flexibility index (Phi) is 4.34. The monoisotopic (exact) mass is 211 g/mol. The lowest BCUT2D eigenvalue weighted by Crippen LogP contribution is -2.30. The molecule has 1 rings (SSSR count). The molecule has 1 aliphatic heterocycles. The fourth-order valence-electron chi connectivity index (χ4n) is 1.60. The summed E-state index contributed by atoms with van der Waals surface area (Å²) in [6, 6.07) is 0. The van der Waals surface area contributed by atoms with Gasteiger partial charge in [0.05, 0.1) is 12.2 Å². The Balaban J connectivity index is 2.82. The number of rotatable bonds is 4. The van der Waals surface area contributed by atoms with Crippen LogP contribution >= 0.6 is 0 Å². The van der Waals surface area contributed by atoms with Crippen molar-refractivity contribution in [2.24, 2.45) is 0 Å². The average molecular weight is 211 g/mol. The largest absolute Gasteiger partial charge is 0.463 e. The maximum absolute atomic E-state index is 11.6. The van der Waals surface area contributed by atoms with Crippen LogP contribution in [0.4, 0.5) is 0 Å². The molecule has 0 aromatic carbocycles. The second kappa shape index (κ2) is 5.53. The maximum Gasteiger partial charge on any atom is 0.335 e. The molecule has 0 unspecified atom stereocenters. The predicted octanol–water partition coefficient (Wildman–Crippen LogP) is 1.51. The number of esters is 1. The summed E-state index contributed by atoms with van der Waals surface area (Å²) in [5, 5.41) is 2.75. The quantitative estimate of drug-likeness (QED) is 0.717. The highest BCUT2D eigenvalue weighted by atomic mass is 16.5. The Bertz CT molecular complexity index is 294. The first kappa shape index (κ1) is 11.8. The van der Waals surface area contributed by atoms with Crippen LogP contribution in [-0.4, -0.2) is 18.5 Å². The minimum absolute atomic E-state index is 0.00787. The van der Waals surface area contributed by atoms with E-state index in [2.05, 4.69) is 5.32 Å². The minimum Gasteiger partial charge on any atom is -0.463 e. The van der Waals surface area contributed by atoms with Crippen molar-refractivity contribution in [1.29, 1.82) is 0 Å². The second-order valence-electron chi connectivity index (χ2n) is 3.48. The summed E-state index contributed by atoms with van der Waals surface area (Å²) in [5.41, 5.74) is 1.38. The number of nitrogens with one attached hydrogen (secondary N) is 1. The standard InChI is InChI=1S/C11H17NO3/c1-3-5-9-8(11(14)15-4-2)6-7-10(13)12-9/h3-7H2,1-2H3,(H,12,13). The second-order valence-corrected chi connectivity index (χ2v) is 3.48. The van der Waals surface area contributed by atoms with Crippen LogP contribution in [-0.2, 0) is 14.3 Å². The Hall–Kier alpha value is -1.32. The molecule has 0 spiro atoms. The zero-order chi connectivity index (χ0) is 11.3. The van der Waals surface area contributed by atoms with Crippen molar-refractivity contribution in [1.82, 2.24) is 5.32 Å². The smallest absolute Gasteiger partial charge is 0.335 e. The average Bonchev–Trinajstić information content (AvgIpc) is 2.18. The SMILES string of the molecule is CCCC1=C(C(=O)OCC)CCC(=O)N1. The summed E-state index contributed by atoms with van der Waals surface area (Å²) in [6.07, 6.45) is 2.50. The van der Waals surface area contributed by atoms with Gasteiger partial charge in [-0.1, -0.05) is 13.3 Å². The number of carbonyl (C=O) groups is 2. The van der Waals surface area contributed by atoms with Crippen LogP contribution < -0.4 is 5.32 Å². The van der Waals surface area contributed by atoms with E-state index in [1.807, 2.05) is 6.92 Å². The first-order chi connectivity index (χ1) is 7.19. The van der Waals surface area contributed by atoms with Crippen molar-refractivity contribution in [3.8, 4) is 0 Å². The molecule has 1 amide bonds. The molecule has 0 aromatic rings. The molecule has 4 heteroatoms. The van der Waals surface area contributed by atoms with Gasteiger partial charge in [0.15, 0.2) is 0 Å². The number of carbonyl (C=O) groups excluding carboxylic acids is 2. The third-order valence-electron chi connectivity index (χ3n) is 2.28. The molecule has 1 N–H and O–H groups in total. The van der Waals surface area contributed by atoms with E-state index in [1.54, 1.807) is 6.92 Å². The molecule has 0 aromatic heterocycles. The first-order valence-electron chi connectivity index (χ1n) is 5.38. The molecule has 0 atom stereocenters. The van der Waals surface area contributed by atoms with E-state index in [0.29, 0.717) is 25.0 Å². The van der Waals surface area contributed by atoms with Gasteiger partial charge in [-0.15, -0.1) is 0 Å². The molecular weight excluding hydrogens is 194 g/mol. The van der Waals surface area contributed by atoms with Crippen molar-refractivity contribution in [3.63, 3.8) is 0 Å². The molecule has 0 saturated carbocycles. The van der Waals surface area contributed by atoms with E-state index in [9.17, 15) is 9.59 Å². The van der Waals surface area contributed by atoms with Crippen LogP contribution in [0.2, 0.25) is 0 Å². The van der Waals surface area contributed by atoms with Gasteiger partial charge in [0.1, 0.15) is 0 Å². The van der Waals surface area contributed by atoms with E-state index in [-0.39, 0.29) is 11.9 Å². The molecule has 0 radical (unpaired) electrons. The summed E-state index contributed by atoms with van der Waals surface area (Å²) in [6.45, 7) is 4.16. The van der Waals surface area contributed by atoms with Crippen molar-refractivity contribution in [3.05, 3.63) is 11.3 Å². The molecule has 0 fully saturated rings. The number of ether oxygens (including phenoxy) is 1. The summed E-state index contributed by atoms with van der Waals surface area (Å²) in [5.74, 6) is -0.299. The van der Waals surface area contributed by atoms with Crippen molar-refractivity contribution >= 4 is 11.9 Å². The van der Waals surface area contributed by atoms with Gasteiger partial charge >= 0.3 is 5.97 Å². The zero-order valence-corrected chi connectivity index (χ0v) is 9.26. The molecular formula is C11H17NO3. The lowest BCUT2D eigenvalue weighted by Gasteiger charge is -2.19. The molecule has 0 aliphatic carbocycles. The highest BCUT2D eigenvalue weighted by Gasteiger charge is 2.22. The minimum atomic E-state index is -0.291. The van der Waals surface area contributed by atoms with E-state index in [1.165, 1.54) is 0 Å². The van der Waals surface area contributed by atoms with Gasteiger partial charge in [-0.2, -0.15) is 0 Å². The van der Waals surface area contributed by atoms with Crippen molar-refractivity contribution in [2.45, 2.75) is 39.5 Å². The van der Waals surface area contributed by atoms with E-state index in [0.717, 1.165) is 18.5 Å². The van der Waals surface area contributed by atoms with Crippen molar-refractivity contribution < 1.29 is 14.3 Å². The van der Waals surface area contributed by atoms with Crippen LogP contribution in [0.3, 0.4) is 0 Å². The summed E-state index contributed by atoms with van der Waals surface area (Å²) in [7, 11) is 0. The van der Waals surface area contributed by atoms with Crippen LogP contribution in [0.25, 0.3) is 0 Å². The van der Waals surface area contributed by atoms with Gasteiger partial charge in [0.25, 0.3) is 0 Å². The highest BCUT2D eigenvalue weighted by molar-refractivity contribution is 5.93. The van der Waals surface area contributed by atoms with Crippen LogP contribution in [0.15, 0.2) is 11.3 Å². The lowest BCUT2D eigenvalue weighted by molar-refractivity contribution is -0.139. The summed E-state index contributed by atoms with van der Waals surface area (Å²) >= 11 is 0. The molecule has 84 valence electrons. The normalized spacial score (nSPS) is 16.3. The van der Waals surface area contributed by atoms with E-state index < -0.39 is 0 Å².